The van der Waals surface area contributed by atoms with Gasteiger partial charge in [-0.2, -0.15) is 0 Å². The van der Waals surface area contributed by atoms with Gasteiger partial charge in [0.05, 0.1) is 18.6 Å². The summed E-state index contributed by atoms with van der Waals surface area (Å²) in [6.07, 6.45) is -0.0787. The fraction of sp³-hybridized carbons (Fsp3) is 0.824. The molecule has 0 fully saturated rings. The van der Waals surface area contributed by atoms with Crippen molar-refractivity contribution in [1.82, 2.24) is 10.6 Å². The van der Waals surface area contributed by atoms with Crippen LogP contribution in [-0.4, -0.2) is 50.8 Å². The Morgan fingerprint density at radius 3 is 2.00 bits per heavy atom. The molecule has 0 unspecified atom stereocenters. The Morgan fingerprint density at radius 2 is 1.62 bits per heavy atom. The number of rotatable bonds is 11. The Bertz CT molecular complexity index is 476. The largest absolute Gasteiger partial charge is 0.370 e. The number of hydrogen-bond donors (Lipinski definition) is 3. The zero-order valence-corrected chi connectivity index (χ0v) is 17.4. The SMILES string of the molecule is CN[C@@H](C)C(=O)CN[C@@H](CC(N)=O)C(=O)[Si](C)(C)C(C)(C)C(C)C. The Hall–Kier alpha value is -1.05. The van der Waals surface area contributed by atoms with E-state index in [1.54, 1.807) is 14.0 Å². The summed E-state index contributed by atoms with van der Waals surface area (Å²) in [5.41, 5.74) is 5.32. The molecule has 0 radical (unpaired) electrons. The Labute approximate surface area is 147 Å². The topological polar surface area (TPSA) is 101 Å². The maximum atomic E-state index is 13.2. The van der Waals surface area contributed by atoms with Crippen molar-refractivity contribution in [3.8, 4) is 0 Å². The first-order valence-corrected chi connectivity index (χ1v) is 11.5. The number of hydrogen-bond acceptors (Lipinski definition) is 5. The lowest BCUT2D eigenvalue weighted by molar-refractivity contribution is -0.123. The molecule has 2 atom stereocenters. The highest BCUT2D eigenvalue weighted by atomic mass is 28.3. The summed E-state index contributed by atoms with van der Waals surface area (Å²) in [4.78, 5) is 36.6. The van der Waals surface area contributed by atoms with Crippen LogP contribution in [0.3, 0.4) is 0 Å². The molecule has 0 heterocycles. The highest BCUT2D eigenvalue weighted by Crippen LogP contribution is 2.44. The number of nitrogens with one attached hydrogen (secondary N) is 2. The molecule has 0 bridgehead atoms. The minimum absolute atomic E-state index is 0.0400. The van der Waals surface area contributed by atoms with E-state index < -0.39 is 20.0 Å². The predicted octanol–water partition coefficient (Wildman–Crippen LogP) is 1.25. The molecule has 0 saturated carbocycles. The van der Waals surface area contributed by atoms with Crippen LogP contribution < -0.4 is 16.4 Å². The monoisotopic (exact) mass is 357 g/mol. The van der Waals surface area contributed by atoms with E-state index in [4.69, 9.17) is 5.73 Å². The van der Waals surface area contributed by atoms with Crippen molar-refractivity contribution in [3.05, 3.63) is 0 Å². The Balaban J connectivity index is 5.34. The maximum absolute atomic E-state index is 13.2. The number of amides is 1. The van der Waals surface area contributed by atoms with Crippen molar-refractivity contribution in [1.29, 1.82) is 0 Å². The standard InChI is InChI=1S/C17H35N3O3Si/c1-11(2)17(4,5)24(7,8)16(23)13(9-15(18)22)20-10-14(21)12(3)19-6/h11-13,19-20H,9-10H2,1-8H3,(H2,18,22)/t12-,13-/m0/s1. The number of carbonyl (C=O) groups is 3. The van der Waals surface area contributed by atoms with Gasteiger partial charge >= 0.3 is 0 Å². The number of Topliss-reactive ketones (excluding diaryl/α,β-unsaturated/α-hetero) is 1. The van der Waals surface area contributed by atoms with E-state index in [0.717, 1.165) is 0 Å². The van der Waals surface area contributed by atoms with Gasteiger partial charge in [-0.15, -0.1) is 0 Å². The van der Waals surface area contributed by atoms with Crippen LogP contribution in [0.4, 0.5) is 0 Å². The molecule has 0 aliphatic rings. The van der Waals surface area contributed by atoms with Gasteiger partial charge in [0.2, 0.25) is 5.91 Å². The molecule has 0 saturated heterocycles. The summed E-state index contributed by atoms with van der Waals surface area (Å²) in [6.45, 7) is 14.3. The number of likely N-dealkylation sites (N-methyl/N-ethyl adjacent to an activating group) is 1. The average Bonchev–Trinajstić information content (AvgIpc) is 2.48. The summed E-state index contributed by atoms with van der Waals surface area (Å²) in [7, 11) is -0.667. The number of primary amides is 1. The van der Waals surface area contributed by atoms with E-state index in [1.807, 2.05) is 13.1 Å². The van der Waals surface area contributed by atoms with Crippen LogP contribution in [0.25, 0.3) is 0 Å². The summed E-state index contributed by atoms with van der Waals surface area (Å²) < 4.78 is 0. The lowest BCUT2D eigenvalue weighted by Crippen LogP contribution is -2.58. The molecule has 0 aliphatic heterocycles. The molecule has 0 aromatic heterocycles. The van der Waals surface area contributed by atoms with Gasteiger partial charge in [0, 0.05) is 6.42 Å². The second-order valence-electron chi connectivity index (χ2n) is 7.95. The first kappa shape index (κ1) is 22.9. The van der Waals surface area contributed by atoms with Crippen molar-refractivity contribution in [3.63, 3.8) is 0 Å². The zero-order chi connectivity index (χ0) is 19.3. The van der Waals surface area contributed by atoms with Crippen LogP contribution in [-0.2, 0) is 14.4 Å². The molecule has 0 spiro atoms. The van der Waals surface area contributed by atoms with Crippen LogP contribution in [0.5, 0.6) is 0 Å². The normalized spacial score (nSPS) is 15.2. The van der Waals surface area contributed by atoms with E-state index in [2.05, 4.69) is 38.3 Å². The maximum Gasteiger partial charge on any atom is 0.219 e. The minimum Gasteiger partial charge on any atom is -0.370 e. The molecule has 0 aliphatic carbocycles. The van der Waals surface area contributed by atoms with Crippen LogP contribution in [0.15, 0.2) is 0 Å². The molecule has 0 aromatic carbocycles. The quantitative estimate of drug-likeness (QED) is 0.483. The minimum atomic E-state index is -2.37. The van der Waals surface area contributed by atoms with Crippen LogP contribution in [0.2, 0.25) is 18.1 Å². The van der Waals surface area contributed by atoms with Gasteiger partial charge in [-0.1, -0.05) is 40.8 Å². The molecule has 0 aromatic rings. The third-order valence-electron chi connectivity index (χ3n) is 5.83. The molecule has 140 valence electrons. The molecule has 1 amide bonds. The Kier molecular flexibility index (Phi) is 8.48. The highest BCUT2D eigenvalue weighted by Gasteiger charge is 2.49. The molecular formula is C17H35N3O3Si. The first-order chi connectivity index (χ1) is 10.8. The highest BCUT2D eigenvalue weighted by molar-refractivity contribution is 7.06. The predicted molar refractivity (Wildman–Crippen MR) is 100 cm³/mol. The summed E-state index contributed by atoms with van der Waals surface area (Å²) >= 11 is 0. The fourth-order valence-corrected chi connectivity index (χ4v) is 5.63. The van der Waals surface area contributed by atoms with Gasteiger partial charge in [0.15, 0.2) is 5.78 Å². The first-order valence-electron chi connectivity index (χ1n) is 8.55. The van der Waals surface area contributed by atoms with E-state index in [0.29, 0.717) is 5.92 Å². The van der Waals surface area contributed by atoms with Gasteiger partial charge in [-0.3, -0.25) is 9.59 Å². The van der Waals surface area contributed by atoms with Gasteiger partial charge in [0.1, 0.15) is 13.5 Å². The third kappa shape index (κ3) is 5.49. The Morgan fingerprint density at radius 1 is 1.12 bits per heavy atom. The third-order valence-corrected chi connectivity index (χ3v) is 11.2. The molecule has 0 rings (SSSR count). The van der Waals surface area contributed by atoms with Gasteiger partial charge < -0.3 is 21.2 Å². The number of nitrogens with two attached hydrogens (primary N) is 1. The van der Waals surface area contributed by atoms with Crippen LogP contribution >= 0.6 is 0 Å². The lowest BCUT2D eigenvalue weighted by Gasteiger charge is -2.43. The fourth-order valence-electron chi connectivity index (χ4n) is 2.47. The van der Waals surface area contributed by atoms with E-state index in [9.17, 15) is 14.4 Å². The molecular weight excluding hydrogens is 322 g/mol. The summed E-state index contributed by atoms with van der Waals surface area (Å²) in [6, 6.07) is -1.01. The lowest BCUT2D eigenvalue weighted by atomic mass is 9.99. The number of carbonyl (C=O) groups excluding carboxylic acids is 3. The molecule has 4 N–H and O–H groups in total. The molecule has 24 heavy (non-hydrogen) atoms. The van der Waals surface area contributed by atoms with Crippen molar-refractivity contribution < 1.29 is 14.4 Å². The van der Waals surface area contributed by atoms with Crippen molar-refractivity contribution in [2.45, 2.75) is 71.3 Å². The average molecular weight is 358 g/mol. The zero-order valence-electron chi connectivity index (χ0n) is 16.4. The van der Waals surface area contributed by atoms with E-state index in [-0.39, 0.29) is 35.2 Å². The van der Waals surface area contributed by atoms with Crippen molar-refractivity contribution in [2.24, 2.45) is 11.7 Å². The second-order valence-corrected chi connectivity index (χ2v) is 13.0. The van der Waals surface area contributed by atoms with Crippen LogP contribution in [0, 0.1) is 5.92 Å². The second kappa shape index (κ2) is 8.87. The molecule has 6 nitrogen and oxygen atoms in total. The molecule has 7 heteroatoms. The van der Waals surface area contributed by atoms with Crippen LogP contribution in [0.1, 0.15) is 41.0 Å². The number of ketones is 1. The van der Waals surface area contributed by atoms with E-state index >= 15 is 0 Å². The summed E-state index contributed by atoms with van der Waals surface area (Å²) in [5, 5.41) is 5.76. The van der Waals surface area contributed by atoms with Gasteiger partial charge in [-0.25, -0.2) is 0 Å². The van der Waals surface area contributed by atoms with Gasteiger partial charge in [-0.05, 0) is 24.9 Å². The van der Waals surface area contributed by atoms with Crippen molar-refractivity contribution in [2.75, 3.05) is 13.6 Å². The van der Waals surface area contributed by atoms with E-state index in [1.165, 1.54) is 0 Å². The van der Waals surface area contributed by atoms with Crippen molar-refractivity contribution >= 4 is 25.2 Å². The smallest absolute Gasteiger partial charge is 0.219 e. The van der Waals surface area contributed by atoms with Gasteiger partial charge in [0.25, 0.3) is 0 Å². The summed E-state index contributed by atoms with van der Waals surface area (Å²) in [5.74, 6) is -0.257.